The molecule has 2 aromatic rings. The lowest BCUT2D eigenvalue weighted by molar-refractivity contribution is 0.623. The van der Waals surface area contributed by atoms with Crippen molar-refractivity contribution in [2.24, 2.45) is 0 Å². The minimum Gasteiger partial charge on any atom is -0.379 e. The lowest BCUT2D eigenvalue weighted by Crippen LogP contribution is -2.07. The van der Waals surface area contributed by atoms with Crippen molar-refractivity contribution in [2.75, 3.05) is 5.32 Å². The molecule has 1 heterocycles. The molecule has 3 heteroatoms. The van der Waals surface area contributed by atoms with Gasteiger partial charge in [-0.1, -0.05) is 12.0 Å². The maximum absolute atomic E-state index is 5.38. The highest BCUT2D eigenvalue weighted by molar-refractivity contribution is 5.50. The van der Waals surface area contributed by atoms with E-state index in [1.807, 2.05) is 35.9 Å². The lowest BCUT2D eigenvalue weighted by atomic mass is 10.2. The van der Waals surface area contributed by atoms with Crippen molar-refractivity contribution in [2.45, 2.75) is 26.9 Å². The molecule has 0 aliphatic carbocycles. The third-order valence-electron chi connectivity index (χ3n) is 2.79. The van der Waals surface area contributed by atoms with Crippen molar-refractivity contribution in [3.05, 3.63) is 47.3 Å². The van der Waals surface area contributed by atoms with E-state index in [0.29, 0.717) is 0 Å². The van der Waals surface area contributed by atoms with Gasteiger partial charge < -0.3 is 5.32 Å². The first-order chi connectivity index (χ1) is 8.72. The average Bonchev–Trinajstić information content (AvgIpc) is 2.77. The van der Waals surface area contributed by atoms with Crippen LogP contribution < -0.4 is 5.32 Å². The van der Waals surface area contributed by atoms with Gasteiger partial charge in [0.2, 0.25) is 0 Å². The van der Waals surface area contributed by atoms with Crippen LogP contribution in [-0.2, 0) is 13.1 Å². The fourth-order valence-electron chi connectivity index (χ4n) is 1.93. The fraction of sp³-hybridized carbons (Fsp3) is 0.267. The Morgan fingerprint density at radius 3 is 2.94 bits per heavy atom. The molecule has 0 fully saturated rings. The van der Waals surface area contributed by atoms with Crippen LogP contribution in [0.15, 0.2) is 30.3 Å². The molecule has 0 aliphatic rings. The summed E-state index contributed by atoms with van der Waals surface area (Å²) in [5, 5.41) is 7.79. The maximum Gasteiger partial charge on any atom is 0.0597 e. The quantitative estimate of drug-likeness (QED) is 0.831. The molecule has 0 saturated heterocycles. The predicted octanol–water partition coefficient (Wildman–Crippen LogP) is 2.80. The number of benzene rings is 1. The van der Waals surface area contributed by atoms with Crippen LogP contribution in [0.25, 0.3) is 0 Å². The van der Waals surface area contributed by atoms with Crippen molar-refractivity contribution in [3.63, 3.8) is 0 Å². The molecule has 3 nitrogen and oxygen atoms in total. The number of nitrogens with zero attached hydrogens (tertiary/aromatic N) is 2. The Morgan fingerprint density at radius 2 is 2.22 bits per heavy atom. The van der Waals surface area contributed by atoms with Crippen LogP contribution in [0.2, 0.25) is 0 Å². The Hall–Kier alpha value is -2.21. The van der Waals surface area contributed by atoms with E-state index in [9.17, 15) is 0 Å². The number of rotatable bonds is 4. The van der Waals surface area contributed by atoms with Gasteiger partial charge in [0.05, 0.1) is 17.9 Å². The largest absolute Gasteiger partial charge is 0.379 e. The van der Waals surface area contributed by atoms with Crippen molar-refractivity contribution in [3.8, 4) is 12.3 Å². The van der Waals surface area contributed by atoms with Gasteiger partial charge in [0, 0.05) is 17.8 Å². The molecule has 0 aliphatic heterocycles. The number of hydrogen-bond donors (Lipinski definition) is 1. The Balaban J connectivity index is 2.09. The van der Waals surface area contributed by atoms with E-state index in [2.05, 4.69) is 29.3 Å². The van der Waals surface area contributed by atoms with E-state index in [4.69, 9.17) is 6.42 Å². The Morgan fingerprint density at radius 1 is 1.39 bits per heavy atom. The topological polar surface area (TPSA) is 29.9 Å². The van der Waals surface area contributed by atoms with Crippen molar-refractivity contribution in [1.82, 2.24) is 9.78 Å². The van der Waals surface area contributed by atoms with Gasteiger partial charge in [-0.05, 0) is 38.1 Å². The van der Waals surface area contributed by atoms with Crippen LogP contribution in [0.5, 0.6) is 0 Å². The average molecular weight is 239 g/mol. The van der Waals surface area contributed by atoms with Crippen LogP contribution in [0, 0.1) is 19.3 Å². The third kappa shape index (κ3) is 2.72. The smallest absolute Gasteiger partial charge is 0.0597 e. The standard InChI is InChI=1S/C15H17N3/c1-4-13-7-6-8-14(10-13)16-11-15-9-12(3)17-18(15)5-2/h1,6-10,16H,5,11H2,2-3H3. The summed E-state index contributed by atoms with van der Waals surface area (Å²) in [5.41, 5.74) is 4.15. The highest BCUT2D eigenvalue weighted by Gasteiger charge is 2.03. The molecule has 0 amide bonds. The first-order valence-electron chi connectivity index (χ1n) is 6.07. The summed E-state index contributed by atoms with van der Waals surface area (Å²) in [6.45, 7) is 5.74. The second kappa shape index (κ2) is 5.42. The molecule has 18 heavy (non-hydrogen) atoms. The minimum atomic E-state index is 0.753. The summed E-state index contributed by atoms with van der Waals surface area (Å²) < 4.78 is 2.01. The van der Waals surface area contributed by atoms with E-state index in [1.54, 1.807) is 0 Å². The summed E-state index contributed by atoms with van der Waals surface area (Å²) in [6, 6.07) is 9.97. The molecule has 1 N–H and O–H groups in total. The van der Waals surface area contributed by atoms with Crippen LogP contribution in [-0.4, -0.2) is 9.78 Å². The molecule has 1 aromatic carbocycles. The molecular weight excluding hydrogens is 222 g/mol. The number of terminal acetylenes is 1. The van der Waals surface area contributed by atoms with Gasteiger partial charge >= 0.3 is 0 Å². The van der Waals surface area contributed by atoms with Gasteiger partial charge in [0.1, 0.15) is 0 Å². The second-order valence-electron chi connectivity index (χ2n) is 4.17. The molecule has 0 spiro atoms. The zero-order valence-electron chi connectivity index (χ0n) is 10.8. The Labute approximate surface area is 108 Å². The van der Waals surface area contributed by atoms with E-state index in [-0.39, 0.29) is 0 Å². The molecular formula is C15H17N3. The molecule has 1 aromatic heterocycles. The SMILES string of the molecule is C#Cc1cccc(NCc2cc(C)nn2CC)c1. The Bertz CT molecular complexity index is 576. The van der Waals surface area contributed by atoms with Crippen molar-refractivity contribution in [1.29, 1.82) is 0 Å². The molecule has 0 saturated carbocycles. The minimum absolute atomic E-state index is 0.753. The number of hydrogen-bond acceptors (Lipinski definition) is 2. The van der Waals surface area contributed by atoms with Crippen LogP contribution in [0.1, 0.15) is 23.9 Å². The first-order valence-corrected chi connectivity index (χ1v) is 6.07. The van der Waals surface area contributed by atoms with Crippen molar-refractivity contribution < 1.29 is 0 Å². The lowest BCUT2D eigenvalue weighted by Gasteiger charge is -2.08. The van der Waals surface area contributed by atoms with Crippen LogP contribution in [0.3, 0.4) is 0 Å². The van der Waals surface area contributed by atoms with Crippen molar-refractivity contribution >= 4 is 5.69 Å². The summed E-state index contributed by atoms with van der Waals surface area (Å²) >= 11 is 0. The van der Waals surface area contributed by atoms with Gasteiger partial charge in [0.15, 0.2) is 0 Å². The molecule has 0 radical (unpaired) electrons. The molecule has 0 bridgehead atoms. The number of nitrogens with one attached hydrogen (secondary N) is 1. The molecule has 0 atom stereocenters. The highest BCUT2D eigenvalue weighted by Crippen LogP contribution is 2.12. The van der Waals surface area contributed by atoms with E-state index in [0.717, 1.165) is 30.0 Å². The van der Waals surface area contributed by atoms with Crippen LogP contribution in [0.4, 0.5) is 5.69 Å². The van der Waals surface area contributed by atoms with Gasteiger partial charge in [-0.2, -0.15) is 5.10 Å². The van der Waals surface area contributed by atoms with Crippen LogP contribution >= 0.6 is 0 Å². The van der Waals surface area contributed by atoms with Gasteiger partial charge in [-0.25, -0.2) is 0 Å². The summed E-state index contributed by atoms with van der Waals surface area (Å²) in [5.74, 6) is 2.63. The number of aromatic nitrogens is 2. The molecule has 2 rings (SSSR count). The van der Waals surface area contributed by atoms with E-state index >= 15 is 0 Å². The van der Waals surface area contributed by atoms with E-state index in [1.165, 1.54) is 5.69 Å². The number of anilines is 1. The fourth-order valence-corrected chi connectivity index (χ4v) is 1.93. The zero-order valence-corrected chi connectivity index (χ0v) is 10.8. The summed E-state index contributed by atoms with van der Waals surface area (Å²) in [7, 11) is 0. The maximum atomic E-state index is 5.38. The second-order valence-corrected chi connectivity index (χ2v) is 4.17. The summed E-state index contributed by atoms with van der Waals surface area (Å²) in [4.78, 5) is 0. The monoisotopic (exact) mass is 239 g/mol. The first kappa shape index (κ1) is 12.3. The molecule has 92 valence electrons. The summed E-state index contributed by atoms with van der Waals surface area (Å²) in [6.07, 6.45) is 5.38. The predicted molar refractivity (Wildman–Crippen MR) is 74.3 cm³/mol. The van der Waals surface area contributed by atoms with E-state index < -0.39 is 0 Å². The molecule has 0 unspecified atom stereocenters. The zero-order chi connectivity index (χ0) is 13.0. The third-order valence-corrected chi connectivity index (χ3v) is 2.79. The normalized spacial score (nSPS) is 10.1. The highest BCUT2D eigenvalue weighted by atomic mass is 15.3. The number of aryl methyl sites for hydroxylation is 2. The van der Waals surface area contributed by atoms with Gasteiger partial charge in [-0.15, -0.1) is 6.42 Å². The Kier molecular flexibility index (Phi) is 3.69. The van der Waals surface area contributed by atoms with Gasteiger partial charge in [0.25, 0.3) is 0 Å². The van der Waals surface area contributed by atoms with Gasteiger partial charge in [-0.3, -0.25) is 4.68 Å².